The molecule has 5 heterocycles. The fourth-order valence-electron chi connectivity index (χ4n) is 4.40. The molecule has 2 aliphatic rings. The molecule has 0 aromatic carbocycles. The Balaban J connectivity index is 1.30. The highest BCUT2D eigenvalue weighted by atomic mass is 32.1. The predicted octanol–water partition coefficient (Wildman–Crippen LogP) is 1.65. The summed E-state index contributed by atoms with van der Waals surface area (Å²) in [5, 5.41) is 8.49. The van der Waals surface area contributed by atoms with E-state index in [2.05, 4.69) is 29.6 Å². The van der Waals surface area contributed by atoms with Crippen molar-refractivity contribution in [2.45, 2.75) is 20.8 Å². The standard InChI is InChI=1S/C19H22N8OS/c1-11-4-12(2)27(23-11)17-5-16(20-10-21-17)25-6-14-8-26(9-15(14)7-25)19(28)18-13(3)22-24-29-18/h4-5,10,14-15H,6-9H2,1-3H3. The van der Waals surface area contributed by atoms with Gasteiger partial charge in [0.1, 0.15) is 17.0 Å². The number of hydrogen-bond acceptors (Lipinski definition) is 8. The average Bonchev–Trinajstić information content (AvgIpc) is 3.44. The van der Waals surface area contributed by atoms with E-state index in [-0.39, 0.29) is 5.91 Å². The Morgan fingerprint density at radius 2 is 1.76 bits per heavy atom. The summed E-state index contributed by atoms with van der Waals surface area (Å²) in [6, 6.07) is 4.03. The largest absolute Gasteiger partial charge is 0.356 e. The Morgan fingerprint density at radius 1 is 1.03 bits per heavy atom. The number of aryl methyl sites for hydroxylation is 3. The topological polar surface area (TPSA) is 92.9 Å². The van der Waals surface area contributed by atoms with Crippen LogP contribution < -0.4 is 4.90 Å². The lowest BCUT2D eigenvalue weighted by Crippen LogP contribution is -2.33. The van der Waals surface area contributed by atoms with Crippen LogP contribution in [0.2, 0.25) is 0 Å². The van der Waals surface area contributed by atoms with E-state index < -0.39 is 0 Å². The van der Waals surface area contributed by atoms with Crippen molar-refractivity contribution in [3.63, 3.8) is 0 Å². The number of rotatable bonds is 3. The summed E-state index contributed by atoms with van der Waals surface area (Å²) in [5.41, 5.74) is 2.73. The van der Waals surface area contributed by atoms with E-state index in [4.69, 9.17) is 0 Å². The van der Waals surface area contributed by atoms with Crippen LogP contribution >= 0.6 is 11.5 Å². The summed E-state index contributed by atoms with van der Waals surface area (Å²) < 4.78 is 5.74. The van der Waals surface area contributed by atoms with Crippen LogP contribution in [0.25, 0.3) is 5.82 Å². The van der Waals surface area contributed by atoms with Crippen molar-refractivity contribution in [3.05, 3.63) is 40.4 Å². The number of nitrogens with zero attached hydrogens (tertiary/aromatic N) is 8. The lowest BCUT2D eigenvalue weighted by molar-refractivity contribution is 0.0786. The first-order chi connectivity index (χ1) is 14.0. The van der Waals surface area contributed by atoms with Crippen molar-refractivity contribution in [2.24, 2.45) is 11.8 Å². The average molecular weight is 411 g/mol. The maximum atomic E-state index is 12.8. The Kier molecular flexibility index (Phi) is 4.30. The lowest BCUT2D eigenvalue weighted by Gasteiger charge is -2.22. The smallest absolute Gasteiger partial charge is 0.267 e. The Morgan fingerprint density at radius 3 is 2.38 bits per heavy atom. The van der Waals surface area contributed by atoms with Gasteiger partial charge in [0.15, 0.2) is 5.82 Å². The lowest BCUT2D eigenvalue weighted by atomic mass is 10.0. The van der Waals surface area contributed by atoms with E-state index in [9.17, 15) is 4.79 Å². The van der Waals surface area contributed by atoms with Gasteiger partial charge in [-0.15, -0.1) is 5.10 Å². The van der Waals surface area contributed by atoms with Crippen molar-refractivity contribution in [1.82, 2.24) is 34.2 Å². The second-order valence-corrected chi connectivity index (χ2v) is 8.65. The first-order valence-corrected chi connectivity index (χ1v) is 10.5. The number of anilines is 1. The molecule has 3 aromatic heterocycles. The van der Waals surface area contributed by atoms with E-state index in [1.165, 1.54) is 11.5 Å². The van der Waals surface area contributed by atoms with Crippen LogP contribution in [0.5, 0.6) is 0 Å². The SMILES string of the molecule is Cc1cc(C)n(-c2cc(N3CC4CN(C(=O)c5snnc5C)CC4C3)ncn2)n1. The van der Waals surface area contributed by atoms with Gasteiger partial charge < -0.3 is 9.80 Å². The number of amides is 1. The normalized spacial score (nSPS) is 21.1. The van der Waals surface area contributed by atoms with Gasteiger partial charge >= 0.3 is 0 Å². The van der Waals surface area contributed by atoms with Gasteiger partial charge in [0.05, 0.1) is 11.4 Å². The molecule has 3 aromatic rings. The Bertz CT molecular complexity index is 1060. The molecular formula is C19H22N8OS. The molecule has 2 saturated heterocycles. The van der Waals surface area contributed by atoms with Gasteiger partial charge in [-0.3, -0.25) is 4.79 Å². The molecule has 10 heteroatoms. The van der Waals surface area contributed by atoms with E-state index >= 15 is 0 Å². The predicted molar refractivity (Wildman–Crippen MR) is 108 cm³/mol. The first kappa shape index (κ1) is 18.2. The van der Waals surface area contributed by atoms with Crippen LogP contribution in [0, 0.1) is 32.6 Å². The monoisotopic (exact) mass is 410 g/mol. The molecule has 150 valence electrons. The third-order valence-corrected chi connectivity index (χ3v) is 6.62. The van der Waals surface area contributed by atoms with Gasteiger partial charge in [-0.05, 0) is 38.4 Å². The molecule has 29 heavy (non-hydrogen) atoms. The first-order valence-electron chi connectivity index (χ1n) is 9.68. The van der Waals surface area contributed by atoms with Crippen molar-refractivity contribution in [3.8, 4) is 5.82 Å². The molecule has 2 atom stereocenters. The molecule has 1 amide bonds. The minimum Gasteiger partial charge on any atom is -0.356 e. The van der Waals surface area contributed by atoms with E-state index in [1.807, 2.05) is 42.5 Å². The van der Waals surface area contributed by atoms with Crippen molar-refractivity contribution >= 4 is 23.3 Å². The van der Waals surface area contributed by atoms with Crippen molar-refractivity contribution in [1.29, 1.82) is 0 Å². The number of likely N-dealkylation sites (tertiary alicyclic amines) is 1. The number of fused-ring (bicyclic) bond motifs is 1. The molecular weight excluding hydrogens is 388 g/mol. The maximum absolute atomic E-state index is 12.8. The van der Waals surface area contributed by atoms with Gasteiger partial charge in [-0.1, -0.05) is 4.49 Å². The number of carbonyl (C=O) groups is 1. The number of carbonyl (C=O) groups excluding carboxylic acids is 1. The van der Waals surface area contributed by atoms with Crippen LogP contribution in [0.1, 0.15) is 26.8 Å². The highest BCUT2D eigenvalue weighted by molar-refractivity contribution is 7.07. The fraction of sp³-hybridized carbons (Fsp3) is 0.474. The van der Waals surface area contributed by atoms with Crippen molar-refractivity contribution in [2.75, 3.05) is 31.1 Å². The minimum atomic E-state index is 0.0623. The maximum Gasteiger partial charge on any atom is 0.267 e. The minimum absolute atomic E-state index is 0.0623. The summed E-state index contributed by atoms with van der Waals surface area (Å²) in [5.74, 6) is 2.66. The van der Waals surface area contributed by atoms with Crippen LogP contribution in [0.4, 0.5) is 5.82 Å². The molecule has 5 rings (SSSR count). The zero-order valence-electron chi connectivity index (χ0n) is 16.6. The zero-order chi connectivity index (χ0) is 20.1. The van der Waals surface area contributed by atoms with Crippen LogP contribution in [-0.4, -0.2) is 66.3 Å². The summed E-state index contributed by atoms with van der Waals surface area (Å²) >= 11 is 1.18. The van der Waals surface area contributed by atoms with E-state index in [0.717, 1.165) is 54.9 Å². The molecule has 2 fully saturated rings. The van der Waals surface area contributed by atoms with Gasteiger partial charge in [0.2, 0.25) is 0 Å². The van der Waals surface area contributed by atoms with Crippen LogP contribution in [-0.2, 0) is 0 Å². The molecule has 2 unspecified atom stereocenters. The Hall–Kier alpha value is -2.88. The van der Waals surface area contributed by atoms with Crippen LogP contribution in [0.15, 0.2) is 18.5 Å². The van der Waals surface area contributed by atoms with Crippen LogP contribution in [0.3, 0.4) is 0 Å². The highest BCUT2D eigenvalue weighted by Crippen LogP contribution is 2.34. The molecule has 0 aliphatic carbocycles. The fourth-order valence-corrected chi connectivity index (χ4v) is 5.03. The molecule has 0 N–H and O–H groups in total. The summed E-state index contributed by atoms with van der Waals surface area (Å²) in [6.45, 7) is 9.16. The molecule has 0 spiro atoms. The third kappa shape index (κ3) is 3.17. The second kappa shape index (κ2) is 6.87. The number of aromatic nitrogens is 6. The summed E-state index contributed by atoms with van der Waals surface area (Å²) in [6.07, 6.45) is 1.60. The molecule has 9 nitrogen and oxygen atoms in total. The molecule has 0 bridgehead atoms. The van der Waals surface area contributed by atoms with Gasteiger partial charge in [-0.25, -0.2) is 14.6 Å². The second-order valence-electron chi connectivity index (χ2n) is 7.90. The van der Waals surface area contributed by atoms with Crippen molar-refractivity contribution < 1.29 is 4.79 Å². The molecule has 0 radical (unpaired) electrons. The Labute approximate surface area is 172 Å². The zero-order valence-corrected chi connectivity index (χ0v) is 17.4. The summed E-state index contributed by atoms with van der Waals surface area (Å²) in [4.78, 5) is 26.6. The van der Waals surface area contributed by atoms with E-state index in [1.54, 1.807) is 6.33 Å². The molecule has 2 aliphatic heterocycles. The van der Waals surface area contributed by atoms with E-state index in [0.29, 0.717) is 16.7 Å². The van der Waals surface area contributed by atoms with Gasteiger partial charge in [0, 0.05) is 49.8 Å². The van der Waals surface area contributed by atoms with Gasteiger partial charge in [-0.2, -0.15) is 5.10 Å². The molecule has 0 saturated carbocycles. The van der Waals surface area contributed by atoms with Gasteiger partial charge in [0.25, 0.3) is 5.91 Å². The summed E-state index contributed by atoms with van der Waals surface area (Å²) in [7, 11) is 0. The quantitative estimate of drug-likeness (QED) is 0.648. The third-order valence-electron chi connectivity index (χ3n) is 5.81. The highest BCUT2D eigenvalue weighted by Gasteiger charge is 2.42. The number of hydrogen-bond donors (Lipinski definition) is 0.